The molecule has 19 heavy (non-hydrogen) atoms. The first-order valence-corrected chi connectivity index (χ1v) is 10.2. The van der Waals surface area contributed by atoms with Gasteiger partial charge in [-0.3, -0.25) is 0 Å². The zero-order valence-corrected chi connectivity index (χ0v) is 14.9. The van der Waals surface area contributed by atoms with Crippen molar-refractivity contribution >= 4 is 8.32 Å². The Labute approximate surface area is 120 Å². The quantitative estimate of drug-likeness (QED) is 0.636. The molecular weight excluding hydrogens is 248 g/mol. The van der Waals surface area contributed by atoms with Crippen LogP contribution in [0.2, 0.25) is 18.1 Å². The molecule has 108 valence electrons. The molecule has 0 saturated carbocycles. The molecule has 1 nitrogen and oxygen atoms in total. The second-order valence-electron chi connectivity index (χ2n) is 7.62. The van der Waals surface area contributed by atoms with Crippen LogP contribution in [0.4, 0.5) is 0 Å². The van der Waals surface area contributed by atoms with Gasteiger partial charge in [-0.05, 0) is 47.7 Å². The molecule has 0 heterocycles. The lowest BCUT2D eigenvalue weighted by molar-refractivity contribution is 0.487. The summed E-state index contributed by atoms with van der Waals surface area (Å²) in [5, 5.41) is 0.244. The Balaban J connectivity index is 2.90. The van der Waals surface area contributed by atoms with Crippen LogP contribution in [0, 0.1) is 0 Å². The molecule has 0 spiro atoms. The maximum atomic E-state index is 6.31. The third-order valence-electron chi connectivity index (χ3n) is 4.70. The number of rotatable bonds is 4. The zero-order valence-electron chi connectivity index (χ0n) is 13.9. The van der Waals surface area contributed by atoms with Gasteiger partial charge in [0.25, 0.3) is 0 Å². The highest BCUT2D eigenvalue weighted by atomic mass is 28.4. The van der Waals surface area contributed by atoms with E-state index in [2.05, 4.69) is 78.9 Å². The molecule has 1 rings (SSSR count). The first-order valence-electron chi connectivity index (χ1n) is 7.29. The third-order valence-corrected chi connectivity index (χ3v) is 9.06. The van der Waals surface area contributed by atoms with Crippen LogP contribution in [0.1, 0.15) is 53.5 Å². The van der Waals surface area contributed by atoms with E-state index in [0.717, 1.165) is 12.2 Å². The molecule has 0 bridgehead atoms. The largest absolute Gasteiger partial charge is 0.544 e. The topological polar surface area (TPSA) is 9.23 Å². The average Bonchev–Trinajstić information content (AvgIpc) is 2.27. The van der Waals surface area contributed by atoms with Crippen molar-refractivity contribution in [2.75, 3.05) is 0 Å². The minimum absolute atomic E-state index is 0.244. The van der Waals surface area contributed by atoms with Crippen LogP contribution in [0.5, 0.6) is 5.75 Å². The molecule has 0 fully saturated rings. The van der Waals surface area contributed by atoms with Crippen LogP contribution in [0.25, 0.3) is 0 Å². The predicted molar refractivity (Wildman–Crippen MR) is 87.6 cm³/mol. The van der Waals surface area contributed by atoms with Gasteiger partial charge in [-0.15, -0.1) is 0 Å². The third kappa shape index (κ3) is 3.85. The van der Waals surface area contributed by atoms with Crippen LogP contribution in [0.15, 0.2) is 24.3 Å². The van der Waals surface area contributed by atoms with E-state index in [0.29, 0.717) is 0 Å². The Morgan fingerprint density at radius 1 is 0.947 bits per heavy atom. The number of benzene rings is 1. The zero-order chi connectivity index (χ0) is 14.9. The van der Waals surface area contributed by atoms with Gasteiger partial charge in [0.2, 0.25) is 8.32 Å². The molecule has 0 aliphatic heterocycles. The Morgan fingerprint density at radius 3 is 1.79 bits per heavy atom. The summed E-state index contributed by atoms with van der Waals surface area (Å²) in [7, 11) is -1.72. The molecule has 2 heteroatoms. The van der Waals surface area contributed by atoms with Crippen molar-refractivity contribution in [2.45, 2.75) is 71.5 Å². The van der Waals surface area contributed by atoms with Crippen LogP contribution in [-0.2, 0) is 5.41 Å². The number of hydrogen-bond acceptors (Lipinski definition) is 1. The van der Waals surface area contributed by atoms with E-state index < -0.39 is 8.32 Å². The van der Waals surface area contributed by atoms with Crippen LogP contribution >= 0.6 is 0 Å². The molecule has 0 unspecified atom stereocenters. The summed E-state index contributed by atoms with van der Waals surface area (Å²) in [4.78, 5) is 0. The standard InChI is InChI=1S/C17H30OSi/c1-9-17(5,6)14-10-12-15(13-11-14)18-19(7,8)16(2,3)4/h10-13H,9H2,1-8H3. The van der Waals surface area contributed by atoms with Crippen molar-refractivity contribution in [3.05, 3.63) is 29.8 Å². The average molecular weight is 279 g/mol. The van der Waals surface area contributed by atoms with Crippen LogP contribution in [0.3, 0.4) is 0 Å². The highest BCUT2D eigenvalue weighted by Crippen LogP contribution is 2.37. The summed E-state index contributed by atoms with van der Waals surface area (Å²) < 4.78 is 6.31. The molecule has 0 aliphatic rings. The second-order valence-corrected chi connectivity index (χ2v) is 12.3. The summed E-state index contributed by atoms with van der Waals surface area (Å²) >= 11 is 0. The number of hydrogen-bond donors (Lipinski definition) is 0. The lowest BCUT2D eigenvalue weighted by Gasteiger charge is -2.36. The van der Waals surface area contributed by atoms with E-state index in [1.54, 1.807) is 0 Å². The maximum Gasteiger partial charge on any atom is 0.250 e. The SMILES string of the molecule is CCC(C)(C)c1ccc(O[Si](C)(C)C(C)(C)C)cc1. The summed E-state index contributed by atoms with van der Waals surface area (Å²) in [5.41, 5.74) is 1.63. The predicted octanol–water partition coefficient (Wildman–Crippen LogP) is 5.76. The normalized spacial score (nSPS) is 13.5. The summed E-state index contributed by atoms with van der Waals surface area (Å²) in [6, 6.07) is 8.69. The van der Waals surface area contributed by atoms with Crippen molar-refractivity contribution in [1.29, 1.82) is 0 Å². The molecule has 1 aromatic rings. The van der Waals surface area contributed by atoms with E-state index in [-0.39, 0.29) is 10.5 Å². The van der Waals surface area contributed by atoms with E-state index in [4.69, 9.17) is 4.43 Å². The van der Waals surface area contributed by atoms with Gasteiger partial charge in [0, 0.05) is 0 Å². The maximum absolute atomic E-state index is 6.31. The van der Waals surface area contributed by atoms with Gasteiger partial charge >= 0.3 is 0 Å². The van der Waals surface area contributed by atoms with E-state index in [9.17, 15) is 0 Å². The second kappa shape index (κ2) is 5.32. The Morgan fingerprint density at radius 2 is 1.42 bits per heavy atom. The fraction of sp³-hybridized carbons (Fsp3) is 0.647. The minimum atomic E-state index is -1.72. The summed E-state index contributed by atoms with van der Waals surface area (Å²) in [5.74, 6) is 1.02. The Bertz CT molecular complexity index is 410. The fourth-order valence-electron chi connectivity index (χ4n) is 1.63. The van der Waals surface area contributed by atoms with E-state index in [1.807, 2.05) is 0 Å². The lowest BCUT2D eigenvalue weighted by atomic mass is 9.82. The summed E-state index contributed by atoms with van der Waals surface area (Å²) in [6.07, 6.45) is 1.15. The molecule has 0 aromatic heterocycles. The van der Waals surface area contributed by atoms with Crippen molar-refractivity contribution in [3.63, 3.8) is 0 Å². The van der Waals surface area contributed by atoms with Gasteiger partial charge in [0.15, 0.2) is 0 Å². The molecule has 0 saturated heterocycles. The van der Waals surface area contributed by atoms with Gasteiger partial charge in [-0.1, -0.05) is 53.7 Å². The van der Waals surface area contributed by atoms with Gasteiger partial charge < -0.3 is 4.43 Å². The highest BCUT2D eigenvalue weighted by Gasteiger charge is 2.38. The first kappa shape index (κ1) is 16.3. The van der Waals surface area contributed by atoms with Crippen molar-refractivity contribution in [2.24, 2.45) is 0 Å². The van der Waals surface area contributed by atoms with Crippen molar-refractivity contribution in [3.8, 4) is 5.75 Å². The monoisotopic (exact) mass is 278 g/mol. The van der Waals surface area contributed by atoms with Crippen molar-refractivity contribution in [1.82, 2.24) is 0 Å². The van der Waals surface area contributed by atoms with E-state index >= 15 is 0 Å². The fourth-order valence-corrected chi connectivity index (χ4v) is 2.66. The Kier molecular flexibility index (Phi) is 4.56. The molecular formula is C17H30OSi. The van der Waals surface area contributed by atoms with Gasteiger partial charge in [-0.2, -0.15) is 0 Å². The molecule has 0 aliphatic carbocycles. The molecule has 0 radical (unpaired) electrons. The van der Waals surface area contributed by atoms with Crippen LogP contribution < -0.4 is 4.43 Å². The first-order chi connectivity index (χ1) is 8.49. The van der Waals surface area contributed by atoms with Gasteiger partial charge in [0.1, 0.15) is 5.75 Å². The minimum Gasteiger partial charge on any atom is -0.544 e. The molecule has 0 N–H and O–H groups in total. The van der Waals surface area contributed by atoms with Crippen molar-refractivity contribution < 1.29 is 4.43 Å². The lowest BCUT2D eigenvalue weighted by Crippen LogP contribution is -2.43. The highest BCUT2D eigenvalue weighted by molar-refractivity contribution is 6.74. The molecule has 0 amide bonds. The molecule has 0 atom stereocenters. The Hall–Kier alpha value is -0.763. The van der Waals surface area contributed by atoms with Gasteiger partial charge in [-0.25, -0.2) is 0 Å². The van der Waals surface area contributed by atoms with Crippen LogP contribution in [-0.4, -0.2) is 8.32 Å². The van der Waals surface area contributed by atoms with E-state index in [1.165, 1.54) is 5.56 Å². The van der Waals surface area contributed by atoms with Gasteiger partial charge in [0.05, 0.1) is 0 Å². The molecule has 1 aromatic carbocycles. The smallest absolute Gasteiger partial charge is 0.250 e. The summed E-state index contributed by atoms with van der Waals surface area (Å²) in [6.45, 7) is 18.2.